The van der Waals surface area contributed by atoms with E-state index in [9.17, 15) is 9.90 Å². The summed E-state index contributed by atoms with van der Waals surface area (Å²) < 4.78 is 0. The van der Waals surface area contributed by atoms with Crippen molar-refractivity contribution in [3.05, 3.63) is 34.9 Å². The van der Waals surface area contributed by atoms with Gasteiger partial charge in [0, 0.05) is 17.3 Å². The lowest BCUT2D eigenvalue weighted by molar-refractivity contribution is -0.124. The number of thioether (sulfide) groups is 1. The molecular weight excluding hydrogens is 306 g/mol. The molecule has 3 nitrogen and oxygen atoms in total. The van der Waals surface area contributed by atoms with Crippen molar-refractivity contribution in [2.24, 2.45) is 5.92 Å². The van der Waals surface area contributed by atoms with Gasteiger partial charge in [-0.15, -0.1) is 0 Å². The largest absolute Gasteiger partial charge is 0.387 e. The summed E-state index contributed by atoms with van der Waals surface area (Å²) in [5, 5.41) is 13.6. The predicted octanol–water partition coefficient (Wildman–Crippen LogP) is 3.31. The monoisotopic (exact) mass is 329 g/mol. The molecule has 0 heterocycles. The number of benzene rings is 1. The highest BCUT2D eigenvalue weighted by Crippen LogP contribution is 2.27. The lowest BCUT2D eigenvalue weighted by Gasteiger charge is -2.26. The van der Waals surface area contributed by atoms with E-state index in [-0.39, 0.29) is 24.3 Å². The Morgan fingerprint density at radius 1 is 1.48 bits per heavy atom. The van der Waals surface area contributed by atoms with Crippen LogP contribution in [0.15, 0.2) is 24.3 Å². The number of aliphatic hydroxyl groups is 1. The van der Waals surface area contributed by atoms with Gasteiger partial charge in [-0.1, -0.05) is 37.6 Å². The first-order valence-corrected chi connectivity index (χ1v) is 8.78. The van der Waals surface area contributed by atoms with Crippen LogP contribution in [0.1, 0.15) is 32.3 Å². The SMILES string of the molecule is CSCC(C)(O)CNC(=O)C(c1cccc(Cl)c1)C(C)C. The smallest absolute Gasteiger partial charge is 0.227 e. The standard InChI is InChI=1S/C16H24ClNO2S/c1-11(2)14(12-6-5-7-13(17)8-12)15(19)18-9-16(3,20)10-21-4/h5-8,11,14,20H,9-10H2,1-4H3,(H,18,19). The van der Waals surface area contributed by atoms with Gasteiger partial charge >= 0.3 is 0 Å². The quantitative estimate of drug-likeness (QED) is 0.807. The van der Waals surface area contributed by atoms with Crippen molar-refractivity contribution in [3.63, 3.8) is 0 Å². The molecule has 1 rings (SSSR count). The zero-order valence-corrected chi connectivity index (χ0v) is 14.6. The molecular formula is C16H24ClNO2S. The molecule has 2 atom stereocenters. The van der Waals surface area contributed by atoms with Crippen LogP contribution in [-0.4, -0.2) is 35.2 Å². The van der Waals surface area contributed by atoms with Gasteiger partial charge < -0.3 is 10.4 Å². The number of rotatable bonds is 7. The Bertz CT molecular complexity index is 477. The van der Waals surface area contributed by atoms with E-state index < -0.39 is 5.60 Å². The zero-order valence-electron chi connectivity index (χ0n) is 13.0. The van der Waals surface area contributed by atoms with E-state index in [2.05, 4.69) is 5.32 Å². The molecule has 5 heteroatoms. The summed E-state index contributed by atoms with van der Waals surface area (Å²) in [6.07, 6.45) is 1.93. The maximum absolute atomic E-state index is 12.5. The first-order chi connectivity index (χ1) is 9.76. The van der Waals surface area contributed by atoms with Crippen LogP contribution in [0.3, 0.4) is 0 Å². The molecule has 2 unspecified atom stereocenters. The number of hydrogen-bond donors (Lipinski definition) is 2. The number of hydrogen-bond acceptors (Lipinski definition) is 3. The number of nitrogens with one attached hydrogen (secondary N) is 1. The van der Waals surface area contributed by atoms with Crippen LogP contribution in [0.5, 0.6) is 0 Å². The molecule has 1 amide bonds. The Labute approximate surface area is 136 Å². The van der Waals surface area contributed by atoms with Gasteiger partial charge in [0.15, 0.2) is 0 Å². The molecule has 0 aliphatic heterocycles. The Hall–Kier alpha value is -0.710. The summed E-state index contributed by atoms with van der Waals surface area (Å²) in [4.78, 5) is 12.5. The van der Waals surface area contributed by atoms with Gasteiger partial charge in [-0.05, 0) is 36.8 Å². The lowest BCUT2D eigenvalue weighted by atomic mass is 9.87. The van der Waals surface area contributed by atoms with Crippen molar-refractivity contribution in [2.45, 2.75) is 32.3 Å². The second-order valence-electron chi connectivity index (χ2n) is 5.92. The van der Waals surface area contributed by atoms with Gasteiger partial charge in [0.1, 0.15) is 0 Å². The van der Waals surface area contributed by atoms with Crippen LogP contribution < -0.4 is 5.32 Å². The van der Waals surface area contributed by atoms with E-state index in [1.165, 1.54) is 0 Å². The molecule has 1 aromatic rings. The van der Waals surface area contributed by atoms with Crippen LogP contribution in [0.2, 0.25) is 5.02 Å². The van der Waals surface area contributed by atoms with Gasteiger partial charge in [-0.3, -0.25) is 4.79 Å². The second-order valence-corrected chi connectivity index (χ2v) is 7.23. The Morgan fingerprint density at radius 3 is 2.67 bits per heavy atom. The molecule has 0 saturated carbocycles. The van der Waals surface area contributed by atoms with E-state index in [4.69, 9.17) is 11.6 Å². The first-order valence-electron chi connectivity index (χ1n) is 7.01. The highest BCUT2D eigenvalue weighted by Gasteiger charge is 2.27. The van der Waals surface area contributed by atoms with Gasteiger partial charge in [0.2, 0.25) is 5.91 Å². The van der Waals surface area contributed by atoms with Crippen molar-refractivity contribution in [3.8, 4) is 0 Å². The molecule has 0 spiro atoms. The normalized spacial score (nSPS) is 15.6. The van der Waals surface area contributed by atoms with Crippen LogP contribution in [0.4, 0.5) is 0 Å². The van der Waals surface area contributed by atoms with Crippen LogP contribution in [0, 0.1) is 5.92 Å². The minimum atomic E-state index is -0.898. The molecule has 0 bridgehead atoms. The Kier molecular flexibility index (Phi) is 7.04. The number of amides is 1. The number of carbonyl (C=O) groups is 1. The average Bonchev–Trinajstić information content (AvgIpc) is 2.36. The zero-order chi connectivity index (χ0) is 16.0. The fraction of sp³-hybridized carbons (Fsp3) is 0.562. The average molecular weight is 330 g/mol. The lowest BCUT2D eigenvalue weighted by Crippen LogP contribution is -2.44. The number of carbonyl (C=O) groups excluding carboxylic acids is 1. The Morgan fingerprint density at radius 2 is 2.14 bits per heavy atom. The predicted molar refractivity (Wildman–Crippen MR) is 91.0 cm³/mol. The molecule has 21 heavy (non-hydrogen) atoms. The summed E-state index contributed by atoms with van der Waals surface area (Å²) in [7, 11) is 0. The summed E-state index contributed by atoms with van der Waals surface area (Å²) >= 11 is 7.57. The van der Waals surface area contributed by atoms with Crippen LogP contribution in [0.25, 0.3) is 0 Å². The third-order valence-corrected chi connectivity index (χ3v) is 4.40. The molecule has 0 radical (unpaired) electrons. The maximum atomic E-state index is 12.5. The highest BCUT2D eigenvalue weighted by atomic mass is 35.5. The number of halogens is 1. The summed E-state index contributed by atoms with van der Waals surface area (Å²) in [6, 6.07) is 7.38. The van der Waals surface area contributed by atoms with Crippen molar-refractivity contribution < 1.29 is 9.90 Å². The van der Waals surface area contributed by atoms with Crippen molar-refractivity contribution in [1.82, 2.24) is 5.32 Å². The molecule has 0 fully saturated rings. The molecule has 0 aromatic heterocycles. The van der Waals surface area contributed by atoms with E-state index in [0.717, 1.165) is 5.56 Å². The minimum Gasteiger partial charge on any atom is -0.387 e. The third kappa shape index (κ3) is 5.89. The van der Waals surface area contributed by atoms with Crippen molar-refractivity contribution >= 4 is 29.3 Å². The van der Waals surface area contributed by atoms with Crippen LogP contribution >= 0.6 is 23.4 Å². The Balaban J connectivity index is 2.80. The maximum Gasteiger partial charge on any atom is 0.227 e. The summed E-state index contributed by atoms with van der Waals surface area (Å²) in [5.41, 5.74) is 0.00445. The van der Waals surface area contributed by atoms with Gasteiger partial charge in [-0.25, -0.2) is 0 Å². The second kappa shape index (κ2) is 8.06. The minimum absolute atomic E-state index is 0.0753. The van der Waals surface area contributed by atoms with E-state index >= 15 is 0 Å². The van der Waals surface area contributed by atoms with Gasteiger partial charge in [0.25, 0.3) is 0 Å². The molecule has 0 aliphatic rings. The molecule has 2 N–H and O–H groups in total. The molecule has 0 aliphatic carbocycles. The highest BCUT2D eigenvalue weighted by molar-refractivity contribution is 7.98. The summed E-state index contributed by atoms with van der Waals surface area (Å²) in [6.45, 7) is 5.99. The van der Waals surface area contributed by atoms with E-state index in [1.807, 2.05) is 38.3 Å². The van der Waals surface area contributed by atoms with Crippen molar-refractivity contribution in [2.75, 3.05) is 18.6 Å². The fourth-order valence-electron chi connectivity index (χ4n) is 2.29. The first kappa shape index (κ1) is 18.3. The van der Waals surface area contributed by atoms with Gasteiger partial charge in [0.05, 0.1) is 11.5 Å². The fourth-order valence-corrected chi connectivity index (χ4v) is 3.21. The van der Waals surface area contributed by atoms with Crippen LogP contribution in [-0.2, 0) is 4.79 Å². The molecule has 1 aromatic carbocycles. The van der Waals surface area contributed by atoms with E-state index in [0.29, 0.717) is 10.8 Å². The van der Waals surface area contributed by atoms with Crippen molar-refractivity contribution in [1.29, 1.82) is 0 Å². The summed E-state index contributed by atoms with van der Waals surface area (Å²) in [5.74, 6) is 0.382. The topological polar surface area (TPSA) is 49.3 Å². The molecule has 118 valence electrons. The third-order valence-electron chi connectivity index (χ3n) is 3.26. The van der Waals surface area contributed by atoms with E-state index in [1.54, 1.807) is 24.8 Å². The molecule has 0 saturated heterocycles. The van der Waals surface area contributed by atoms with Gasteiger partial charge in [-0.2, -0.15) is 11.8 Å².